The molecule has 0 aromatic heterocycles. The first-order valence-electron chi connectivity index (χ1n) is 19.8. The fourth-order valence-corrected chi connectivity index (χ4v) is 6.07. The Bertz CT molecular complexity index is 998. The maximum atomic E-state index is 13.5. The summed E-state index contributed by atoms with van der Waals surface area (Å²) in [6.07, 6.45) is 21.7. The number of hydrogen-bond acceptors (Lipinski definition) is 4. The van der Waals surface area contributed by atoms with Crippen molar-refractivity contribution in [2.75, 3.05) is 39.5 Å². The number of benzene rings is 2. The molecule has 2 aromatic rings. The van der Waals surface area contributed by atoms with E-state index < -0.39 is 0 Å². The van der Waals surface area contributed by atoms with Crippen LogP contribution in [0.25, 0.3) is 11.1 Å². The van der Waals surface area contributed by atoms with Crippen molar-refractivity contribution in [3.63, 3.8) is 0 Å². The summed E-state index contributed by atoms with van der Waals surface area (Å²) in [7, 11) is 0. The first kappa shape index (κ1) is 41.5. The molecule has 0 atom stereocenters. The summed E-state index contributed by atoms with van der Waals surface area (Å²) in [5.74, 6) is 0.178. The zero-order chi connectivity index (χ0) is 34.7. The Morgan fingerprint density at radius 2 is 0.750 bits per heavy atom. The lowest BCUT2D eigenvalue weighted by Crippen LogP contribution is -2.40. The Labute approximate surface area is 294 Å². The van der Waals surface area contributed by atoms with Crippen molar-refractivity contribution in [1.82, 2.24) is 20.4 Å². The van der Waals surface area contributed by atoms with E-state index in [1.807, 2.05) is 58.3 Å². The molecule has 6 heteroatoms. The number of unbranched alkanes of at least 4 members (excludes halogenated alkanes) is 14. The molecular formula is C42H70N4O2. The maximum Gasteiger partial charge on any atom is 0.254 e. The minimum Gasteiger partial charge on any atom is -0.326 e. The molecule has 2 aromatic carbocycles. The normalized spacial score (nSPS) is 11.2. The van der Waals surface area contributed by atoms with Gasteiger partial charge in [-0.2, -0.15) is 0 Å². The summed E-state index contributed by atoms with van der Waals surface area (Å²) < 4.78 is 0. The van der Waals surface area contributed by atoms with E-state index in [1.165, 1.54) is 77.0 Å². The van der Waals surface area contributed by atoms with Crippen molar-refractivity contribution in [1.29, 1.82) is 0 Å². The van der Waals surface area contributed by atoms with Gasteiger partial charge in [-0.1, -0.05) is 142 Å². The van der Waals surface area contributed by atoms with Gasteiger partial charge in [0, 0.05) is 24.2 Å². The zero-order valence-electron chi connectivity index (χ0n) is 31.3. The molecule has 6 nitrogen and oxygen atoms in total. The summed E-state index contributed by atoms with van der Waals surface area (Å²) in [6, 6.07) is 15.9. The van der Waals surface area contributed by atoms with Crippen LogP contribution in [0.1, 0.15) is 164 Å². The third kappa shape index (κ3) is 17.1. The van der Waals surface area contributed by atoms with Crippen LogP contribution in [-0.2, 0) is 0 Å². The lowest BCUT2D eigenvalue weighted by Gasteiger charge is -2.24. The Morgan fingerprint density at radius 3 is 1.08 bits per heavy atom. The molecule has 0 heterocycles. The third-order valence-corrected chi connectivity index (χ3v) is 9.25. The smallest absolute Gasteiger partial charge is 0.254 e. The molecule has 0 aliphatic carbocycles. The number of nitrogens with one attached hydrogen (secondary N) is 2. The van der Waals surface area contributed by atoms with Crippen molar-refractivity contribution in [3.8, 4) is 11.1 Å². The first-order valence-corrected chi connectivity index (χ1v) is 19.8. The van der Waals surface area contributed by atoms with Crippen LogP contribution in [0.5, 0.6) is 0 Å². The first-order chi connectivity index (χ1) is 23.5. The van der Waals surface area contributed by atoms with E-state index in [2.05, 4.69) is 38.3 Å². The van der Waals surface area contributed by atoms with Crippen molar-refractivity contribution in [3.05, 3.63) is 59.7 Å². The average Bonchev–Trinajstić information content (AvgIpc) is 3.12. The monoisotopic (exact) mass is 663 g/mol. The Kier molecular flexibility index (Phi) is 23.5. The highest BCUT2D eigenvalue weighted by molar-refractivity contribution is 5.95. The molecule has 2 N–H and O–H groups in total. The average molecular weight is 663 g/mol. The zero-order valence-corrected chi connectivity index (χ0v) is 31.3. The van der Waals surface area contributed by atoms with E-state index in [-0.39, 0.29) is 11.8 Å². The molecule has 0 fully saturated rings. The van der Waals surface area contributed by atoms with Gasteiger partial charge in [0.05, 0.1) is 13.3 Å². The van der Waals surface area contributed by atoms with Crippen molar-refractivity contribution >= 4 is 11.8 Å². The largest absolute Gasteiger partial charge is 0.326 e. The fraction of sp³-hybridized carbons (Fsp3) is 0.667. The number of rotatable bonds is 29. The Morgan fingerprint density at radius 1 is 0.438 bits per heavy atom. The van der Waals surface area contributed by atoms with Crippen LogP contribution in [0.15, 0.2) is 48.5 Å². The molecule has 2 amide bonds. The molecule has 0 saturated heterocycles. The van der Waals surface area contributed by atoms with Gasteiger partial charge in [0.1, 0.15) is 0 Å². The Balaban J connectivity index is 2.00. The van der Waals surface area contributed by atoms with Gasteiger partial charge in [0.25, 0.3) is 11.8 Å². The van der Waals surface area contributed by atoms with Gasteiger partial charge in [0.2, 0.25) is 0 Å². The van der Waals surface area contributed by atoms with Gasteiger partial charge < -0.3 is 9.80 Å². The van der Waals surface area contributed by atoms with Crippen LogP contribution in [-0.4, -0.2) is 61.1 Å². The van der Waals surface area contributed by atoms with E-state index in [4.69, 9.17) is 0 Å². The predicted molar refractivity (Wildman–Crippen MR) is 205 cm³/mol. The minimum absolute atomic E-state index is 0.0890. The number of amides is 2. The minimum atomic E-state index is 0.0890. The van der Waals surface area contributed by atoms with Crippen LogP contribution in [0.2, 0.25) is 0 Å². The number of carbonyl (C=O) groups is 2. The summed E-state index contributed by atoms with van der Waals surface area (Å²) in [6.45, 7) is 13.6. The van der Waals surface area contributed by atoms with Gasteiger partial charge in [-0.15, -0.1) is 0 Å². The van der Waals surface area contributed by atoms with E-state index in [9.17, 15) is 9.59 Å². The third-order valence-electron chi connectivity index (χ3n) is 9.25. The molecule has 2 rings (SSSR count). The molecule has 0 bridgehead atoms. The van der Waals surface area contributed by atoms with Gasteiger partial charge in [-0.05, 0) is 74.2 Å². The summed E-state index contributed by atoms with van der Waals surface area (Å²) in [4.78, 5) is 31.1. The van der Waals surface area contributed by atoms with Crippen molar-refractivity contribution in [2.24, 2.45) is 0 Å². The van der Waals surface area contributed by atoms with Crippen molar-refractivity contribution < 1.29 is 9.59 Å². The van der Waals surface area contributed by atoms with Gasteiger partial charge >= 0.3 is 0 Å². The molecule has 0 unspecified atom stereocenters. The molecule has 0 spiro atoms. The van der Waals surface area contributed by atoms with Crippen LogP contribution in [0, 0.1) is 0 Å². The molecule has 48 heavy (non-hydrogen) atoms. The highest BCUT2D eigenvalue weighted by Gasteiger charge is 2.17. The molecule has 270 valence electrons. The van der Waals surface area contributed by atoms with Crippen LogP contribution in [0.4, 0.5) is 0 Å². The molecular weight excluding hydrogens is 592 g/mol. The lowest BCUT2D eigenvalue weighted by molar-refractivity contribution is 0.0731. The molecule has 0 radical (unpaired) electrons. The lowest BCUT2D eigenvalue weighted by atomic mass is 10.0. The quantitative estimate of drug-likeness (QED) is 0.0672. The second-order valence-corrected chi connectivity index (χ2v) is 13.6. The number of hydrogen-bond donors (Lipinski definition) is 2. The molecule has 0 saturated carbocycles. The van der Waals surface area contributed by atoms with Crippen LogP contribution in [0.3, 0.4) is 0 Å². The summed E-state index contributed by atoms with van der Waals surface area (Å²) in [5.41, 5.74) is 3.54. The van der Waals surface area contributed by atoms with Crippen molar-refractivity contribution in [2.45, 2.75) is 143 Å². The fourth-order valence-electron chi connectivity index (χ4n) is 6.07. The highest BCUT2D eigenvalue weighted by atomic mass is 16.2. The van der Waals surface area contributed by atoms with Crippen LogP contribution >= 0.6 is 0 Å². The molecule has 0 aliphatic rings. The number of carbonyl (C=O) groups excluding carboxylic acids is 2. The van der Waals surface area contributed by atoms with E-state index in [0.29, 0.717) is 13.3 Å². The number of nitrogens with zero attached hydrogens (tertiary/aromatic N) is 2. The topological polar surface area (TPSA) is 64.7 Å². The van der Waals surface area contributed by atoms with Gasteiger partial charge in [-0.3, -0.25) is 20.2 Å². The maximum absolute atomic E-state index is 13.5. The van der Waals surface area contributed by atoms with Gasteiger partial charge in [0.15, 0.2) is 0 Å². The highest BCUT2D eigenvalue weighted by Crippen LogP contribution is 2.22. The second-order valence-electron chi connectivity index (χ2n) is 13.6. The molecule has 0 aliphatic heterocycles. The standard InChI is InChI=1S/C42H70N4O2/c1-5-9-13-17-19-31-43-35-45(33-21-15-11-7-3)41(47)39-27-23-37(24-28-39)38-25-29-40(30-26-38)42(48)46(34-22-16-12-8-4)36-44-32-20-18-14-10-6-2/h23-30,43-44H,5-22,31-36H2,1-4H3. The SMILES string of the molecule is CCCCCCCNCN(CCCCCC)C(=O)c1ccc(-c2ccc(C(=O)N(CCCCCC)CNCCCCCCC)cc2)cc1. The van der Waals surface area contributed by atoms with Gasteiger partial charge in [-0.25, -0.2) is 0 Å². The van der Waals surface area contributed by atoms with E-state index in [0.717, 1.165) is 87.0 Å². The predicted octanol–water partition coefficient (Wildman–Crippen LogP) is 10.4. The van der Waals surface area contributed by atoms with Crippen LogP contribution < -0.4 is 10.6 Å². The Hall–Kier alpha value is -2.70. The van der Waals surface area contributed by atoms with E-state index in [1.54, 1.807) is 0 Å². The second kappa shape index (κ2) is 27.2. The summed E-state index contributed by atoms with van der Waals surface area (Å²) in [5, 5.41) is 7.05. The summed E-state index contributed by atoms with van der Waals surface area (Å²) >= 11 is 0. The van der Waals surface area contributed by atoms with E-state index >= 15 is 0 Å².